The summed E-state index contributed by atoms with van der Waals surface area (Å²) in [7, 11) is 0. The second-order valence-corrected chi connectivity index (χ2v) is 7.25. The number of nitrogens with two attached hydrogens (primary N) is 2. The highest BCUT2D eigenvalue weighted by Crippen LogP contribution is 2.45. The lowest BCUT2D eigenvalue weighted by atomic mass is 9.92. The van der Waals surface area contributed by atoms with Crippen molar-refractivity contribution < 1.29 is 0 Å². The number of hydrogen-bond acceptors (Lipinski definition) is 2. The van der Waals surface area contributed by atoms with Crippen molar-refractivity contribution in [1.29, 1.82) is 0 Å². The number of rotatable bonds is 1. The van der Waals surface area contributed by atoms with Gasteiger partial charge in [0, 0.05) is 66.1 Å². The van der Waals surface area contributed by atoms with E-state index in [4.69, 9.17) is 11.5 Å². The maximum absolute atomic E-state index is 6.56. The Labute approximate surface area is 160 Å². The minimum Gasteiger partial charge on any atom is -0.398 e. The number of benzene rings is 4. The number of aromatic amines is 2. The first-order chi connectivity index (χ1) is 13.7. The first-order valence-electron chi connectivity index (χ1n) is 9.30. The number of nitrogen functional groups attached to an aromatic ring is 2. The average molecular weight is 362 g/mol. The van der Waals surface area contributed by atoms with E-state index >= 15 is 0 Å². The third-order valence-electron chi connectivity index (χ3n) is 5.66. The van der Waals surface area contributed by atoms with Gasteiger partial charge in [0.05, 0.1) is 0 Å². The van der Waals surface area contributed by atoms with Gasteiger partial charge < -0.3 is 21.4 Å². The van der Waals surface area contributed by atoms with Crippen molar-refractivity contribution in [3.8, 4) is 11.1 Å². The van der Waals surface area contributed by atoms with Gasteiger partial charge in [-0.1, -0.05) is 36.4 Å². The SMILES string of the molecule is Nc1ccc2[nH]c3ccccc3c2c1-c1c(N)ccc2[nH]c3ccccc3c12. The van der Waals surface area contributed by atoms with Gasteiger partial charge in [-0.2, -0.15) is 0 Å². The van der Waals surface area contributed by atoms with E-state index in [-0.39, 0.29) is 0 Å². The first-order valence-corrected chi connectivity index (χ1v) is 9.30. The van der Waals surface area contributed by atoms with Gasteiger partial charge in [-0.3, -0.25) is 0 Å². The van der Waals surface area contributed by atoms with Crippen LogP contribution in [0.25, 0.3) is 54.7 Å². The van der Waals surface area contributed by atoms with E-state index in [0.717, 1.165) is 66.1 Å². The lowest BCUT2D eigenvalue weighted by molar-refractivity contribution is 1.54. The van der Waals surface area contributed by atoms with Gasteiger partial charge in [0.2, 0.25) is 0 Å². The highest BCUT2D eigenvalue weighted by atomic mass is 14.7. The molecule has 4 nitrogen and oxygen atoms in total. The second-order valence-electron chi connectivity index (χ2n) is 7.25. The van der Waals surface area contributed by atoms with Gasteiger partial charge in [0.15, 0.2) is 0 Å². The van der Waals surface area contributed by atoms with Gasteiger partial charge in [-0.15, -0.1) is 0 Å². The zero-order valence-corrected chi connectivity index (χ0v) is 15.1. The summed E-state index contributed by atoms with van der Waals surface area (Å²) in [4.78, 5) is 7.02. The molecule has 6 rings (SSSR count). The Hall–Kier alpha value is -3.92. The van der Waals surface area contributed by atoms with Crippen LogP contribution in [0.4, 0.5) is 11.4 Å². The quantitative estimate of drug-likeness (QED) is 0.279. The van der Waals surface area contributed by atoms with Crippen LogP contribution in [0.1, 0.15) is 0 Å². The third kappa shape index (κ3) is 1.89. The molecule has 2 aromatic heterocycles. The minimum atomic E-state index is 0.724. The number of hydrogen-bond donors (Lipinski definition) is 4. The number of nitrogens with one attached hydrogen (secondary N) is 2. The Morgan fingerprint density at radius 2 is 0.893 bits per heavy atom. The maximum atomic E-state index is 6.56. The summed E-state index contributed by atoms with van der Waals surface area (Å²) in [6, 6.07) is 24.6. The van der Waals surface area contributed by atoms with Crippen molar-refractivity contribution in [1.82, 2.24) is 9.97 Å². The molecule has 6 N–H and O–H groups in total. The molecule has 0 aliphatic carbocycles. The number of aromatic nitrogens is 2. The predicted molar refractivity (Wildman–Crippen MR) is 119 cm³/mol. The van der Waals surface area contributed by atoms with E-state index in [9.17, 15) is 0 Å². The second kappa shape index (κ2) is 5.30. The van der Waals surface area contributed by atoms with E-state index in [1.165, 1.54) is 0 Å². The van der Waals surface area contributed by atoms with Crippen LogP contribution in [0, 0.1) is 0 Å². The van der Waals surface area contributed by atoms with Crippen molar-refractivity contribution in [3.05, 3.63) is 72.8 Å². The summed E-state index contributed by atoms with van der Waals surface area (Å²) in [5.41, 5.74) is 20.8. The molecule has 6 aromatic rings. The molecule has 0 unspecified atom stereocenters. The van der Waals surface area contributed by atoms with Crippen LogP contribution < -0.4 is 11.5 Å². The fourth-order valence-electron chi connectivity index (χ4n) is 4.45. The van der Waals surface area contributed by atoms with Crippen molar-refractivity contribution >= 4 is 55.0 Å². The standard InChI is InChI=1S/C24H18N4/c25-15-9-11-19-21(13-5-1-3-7-17(13)27-19)23(15)24-16(26)10-12-20-22(24)14-6-2-4-8-18(14)28-20/h1-12,27-28H,25-26H2. The lowest BCUT2D eigenvalue weighted by Crippen LogP contribution is -1.96. The van der Waals surface area contributed by atoms with Crippen molar-refractivity contribution in [3.63, 3.8) is 0 Å². The van der Waals surface area contributed by atoms with Crippen molar-refractivity contribution in [2.24, 2.45) is 0 Å². The molecule has 0 aliphatic rings. The van der Waals surface area contributed by atoms with Crippen LogP contribution in [0.2, 0.25) is 0 Å². The molecule has 0 spiro atoms. The van der Waals surface area contributed by atoms with E-state index in [2.05, 4.69) is 46.4 Å². The number of anilines is 2. The van der Waals surface area contributed by atoms with Gasteiger partial charge in [0.1, 0.15) is 0 Å². The molecule has 0 atom stereocenters. The Morgan fingerprint density at radius 3 is 1.36 bits per heavy atom. The molecule has 134 valence electrons. The average Bonchev–Trinajstić information content (AvgIpc) is 3.27. The zero-order valence-electron chi connectivity index (χ0n) is 15.1. The number of fused-ring (bicyclic) bond motifs is 6. The summed E-state index contributed by atoms with van der Waals surface area (Å²) >= 11 is 0. The normalized spacial score (nSPS) is 11.9. The molecule has 0 radical (unpaired) electrons. The lowest BCUT2D eigenvalue weighted by Gasteiger charge is -2.13. The molecule has 4 aromatic carbocycles. The Morgan fingerprint density at radius 1 is 0.464 bits per heavy atom. The fourth-order valence-corrected chi connectivity index (χ4v) is 4.45. The molecule has 0 amide bonds. The van der Waals surface area contributed by atoms with E-state index in [1.807, 2.05) is 36.4 Å². The molecule has 28 heavy (non-hydrogen) atoms. The van der Waals surface area contributed by atoms with E-state index < -0.39 is 0 Å². The Bertz CT molecular complexity index is 1420. The van der Waals surface area contributed by atoms with Gasteiger partial charge >= 0.3 is 0 Å². The highest BCUT2D eigenvalue weighted by molar-refractivity contribution is 6.24. The first kappa shape index (κ1) is 15.2. The van der Waals surface area contributed by atoms with Crippen molar-refractivity contribution in [2.45, 2.75) is 0 Å². The van der Waals surface area contributed by atoms with E-state index in [0.29, 0.717) is 0 Å². The monoisotopic (exact) mass is 362 g/mol. The third-order valence-corrected chi connectivity index (χ3v) is 5.66. The summed E-state index contributed by atoms with van der Waals surface area (Å²) < 4.78 is 0. The molecule has 4 heteroatoms. The van der Waals surface area contributed by atoms with Crippen molar-refractivity contribution in [2.75, 3.05) is 11.5 Å². The Balaban J connectivity index is 1.88. The summed E-state index contributed by atoms with van der Waals surface area (Å²) in [6.45, 7) is 0. The maximum Gasteiger partial charge on any atom is 0.0472 e. The molecule has 0 fully saturated rings. The highest BCUT2D eigenvalue weighted by Gasteiger charge is 2.19. The van der Waals surface area contributed by atoms with Crippen LogP contribution in [-0.4, -0.2) is 9.97 Å². The Kier molecular flexibility index (Phi) is 2.87. The van der Waals surface area contributed by atoms with Crippen LogP contribution in [-0.2, 0) is 0 Å². The van der Waals surface area contributed by atoms with Gasteiger partial charge in [-0.25, -0.2) is 0 Å². The minimum absolute atomic E-state index is 0.724. The van der Waals surface area contributed by atoms with Crippen LogP contribution in [0.15, 0.2) is 72.8 Å². The molecular formula is C24H18N4. The van der Waals surface area contributed by atoms with Gasteiger partial charge in [0.25, 0.3) is 0 Å². The van der Waals surface area contributed by atoms with Crippen LogP contribution >= 0.6 is 0 Å². The zero-order chi connectivity index (χ0) is 18.8. The van der Waals surface area contributed by atoms with E-state index in [1.54, 1.807) is 0 Å². The molecule has 2 heterocycles. The fraction of sp³-hybridized carbons (Fsp3) is 0. The molecule has 0 saturated heterocycles. The number of H-pyrrole nitrogens is 2. The molecule has 0 bridgehead atoms. The topological polar surface area (TPSA) is 83.6 Å². The smallest absolute Gasteiger partial charge is 0.0472 e. The summed E-state index contributed by atoms with van der Waals surface area (Å²) in [5, 5.41) is 4.52. The summed E-state index contributed by atoms with van der Waals surface area (Å²) in [5.74, 6) is 0. The number of para-hydroxylation sites is 2. The van der Waals surface area contributed by atoms with Crippen LogP contribution in [0.5, 0.6) is 0 Å². The molecule has 0 saturated carbocycles. The predicted octanol–water partition coefficient (Wildman–Crippen LogP) is 5.79. The molecular weight excluding hydrogens is 344 g/mol. The van der Waals surface area contributed by atoms with Gasteiger partial charge in [-0.05, 0) is 36.4 Å². The largest absolute Gasteiger partial charge is 0.398 e. The molecule has 0 aliphatic heterocycles. The van der Waals surface area contributed by atoms with Crippen LogP contribution in [0.3, 0.4) is 0 Å². The summed E-state index contributed by atoms with van der Waals surface area (Å²) in [6.07, 6.45) is 0.